The lowest BCUT2D eigenvalue weighted by Gasteiger charge is -2.23. The highest BCUT2D eigenvalue weighted by Gasteiger charge is 2.43. The molecule has 1 N–H and O–H groups in total. The standard InChI is InChI=1S/C21H22N2O2/c1-2-3-4-9-14-21(25)16-11-6-8-13-18(16)23-19(24)15-10-5-7-12-17(15)22-20(21)23/h5-8,10-13,25H,2-4,9,14H2,1H3. The highest BCUT2D eigenvalue weighted by molar-refractivity contribution is 5.78. The van der Waals surface area contributed by atoms with Crippen molar-refractivity contribution in [1.29, 1.82) is 0 Å². The molecule has 0 saturated carbocycles. The Kier molecular flexibility index (Phi) is 3.92. The number of aliphatic hydroxyl groups is 1. The third kappa shape index (κ3) is 2.40. The maximum atomic E-state index is 13.1. The quantitative estimate of drug-likeness (QED) is 0.720. The second kappa shape index (κ2) is 6.12. The number of rotatable bonds is 5. The fraction of sp³-hybridized carbons (Fsp3) is 0.333. The van der Waals surface area contributed by atoms with Crippen LogP contribution in [0, 0.1) is 0 Å². The first kappa shape index (κ1) is 16.0. The van der Waals surface area contributed by atoms with Gasteiger partial charge in [-0.25, -0.2) is 4.98 Å². The van der Waals surface area contributed by atoms with Crippen molar-refractivity contribution in [1.82, 2.24) is 9.55 Å². The van der Waals surface area contributed by atoms with Crippen LogP contribution in [0.5, 0.6) is 0 Å². The van der Waals surface area contributed by atoms with E-state index in [1.54, 1.807) is 10.6 Å². The van der Waals surface area contributed by atoms with Crippen molar-refractivity contribution in [2.45, 2.75) is 44.6 Å². The van der Waals surface area contributed by atoms with Crippen LogP contribution >= 0.6 is 0 Å². The Morgan fingerprint density at radius 3 is 2.64 bits per heavy atom. The summed E-state index contributed by atoms with van der Waals surface area (Å²) in [4.78, 5) is 17.8. The number of aromatic nitrogens is 2. The van der Waals surface area contributed by atoms with Crippen molar-refractivity contribution in [3.05, 3.63) is 70.3 Å². The van der Waals surface area contributed by atoms with Crippen molar-refractivity contribution in [3.8, 4) is 5.69 Å². The topological polar surface area (TPSA) is 55.1 Å². The van der Waals surface area contributed by atoms with Gasteiger partial charge in [0.2, 0.25) is 0 Å². The molecule has 1 aromatic heterocycles. The molecule has 0 radical (unpaired) electrons. The summed E-state index contributed by atoms with van der Waals surface area (Å²) in [5, 5.41) is 12.1. The monoisotopic (exact) mass is 334 g/mol. The molecule has 1 atom stereocenters. The Hall–Kier alpha value is -2.46. The molecular weight excluding hydrogens is 312 g/mol. The molecule has 4 heteroatoms. The minimum Gasteiger partial charge on any atom is -0.377 e. The summed E-state index contributed by atoms with van der Waals surface area (Å²) >= 11 is 0. The minimum absolute atomic E-state index is 0.113. The zero-order chi connectivity index (χ0) is 17.4. The Morgan fingerprint density at radius 1 is 1.04 bits per heavy atom. The number of hydrogen-bond donors (Lipinski definition) is 1. The van der Waals surface area contributed by atoms with Crippen LogP contribution in [0.2, 0.25) is 0 Å². The summed E-state index contributed by atoms with van der Waals surface area (Å²) in [7, 11) is 0. The van der Waals surface area contributed by atoms with E-state index in [1.807, 2.05) is 42.5 Å². The molecule has 1 aliphatic rings. The number of para-hydroxylation sites is 2. The summed E-state index contributed by atoms with van der Waals surface area (Å²) < 4.78 is 1.59. The zero-order valence-corrected chi connectivity index (χ0v) is 14.4. The number of nitrogens with zero attached hydrogens (tertiary/aromatic N) is 2. The second-order valence-electron chi connectivity index (χ2n) is 6.78. The number of fused-ring (bicyclic) bond motifs is 4. The van der Waals surface area contributed by atoms with Crippen LogP contribution in [0.25, 0.3) is 16.6 Å². The molecule has 0 aliphatic carbocycles. The molecule has 2 aromatic carbocycles. The van der Waals surface area contributed by atoms with Gasteiger partial charge in [0.25, 0.3) is 5.56 Å². The Morgan fingerprint density at radius 2 is 1.80 bits per heavy atom. The fourth-order valence-corrected chi connectivity index (χ4v) is 3.83. The number of hydrogen-bond acceptors (Lipinski definition) is 3. The Balaban J connectivity index is 1.92. The molecule has 128 valence electrons. The van der Waals surface area contributed by atoms with E-state index in [9.17, 15) is 9.90 Å². The van der Waals surface area contributed by atoms with Crippen LogP contribution in [-0.2, 0) is 5.60 Å². The van der Waals surface area contributed by atoms with E-state index in [4.69, 9.17) is 4.98 Å². The normalized spacial score (nSPS) is 18.3. The molecule has 25 heavy (non-hydrogen) atoms. The smallest absolute Gasteiger partial charge is 0.266 e. The number of benzene rings is 2. The van der Waals surface area contributed by atoms with Crippen molar-refractivity contribution >= 4 is 10.9 Å². The first-order valence-corrected chi connectivity index (χ1v) is 9.01. The van der Waals surface area contributed by atoms with Crippen LogP contribution < -0.4 is 5.56 Å². The molecule has 4 nitrogen and oxygen atoms in total. The molecular formula is C21H22N2O2. The van der Waals surface area contributed by atoms with Gasteiger partial charge in [-0.05, 0) is 31.0 Å². The van der Waals surface area contributed by atoms with Gasteiger partial charge in [0.15, 0.2) is 5.82 Å². The van der Waals surface area contributed by atoms with Gasteiger partial charge in [-0.2, -0.15) is 0 Å². The fourth-order valence-electron chi connectivity index (χ4n) is 3.83. The van der Waals surface area contributed by atoms with Gasteiger partial charge < -0.3 is 5.11 Å². The van der Waals surface area contributed by atoms with Crippen molar-refractivity contribution in [2.75, 3.05) is 0 Å². The van der Waals surface area contributed by atoms with Crippen molar-refractivity contribution < 1.29 is 5.11 Å². The molecule has 0 amide bonds. The largest absolute Gasteiger partial charge is 0.377 e. The highest BCUT2D eigenvalue weighted by Crippen LogP contribution is 2.42. The van der Waals surface area contributed by atoms with Crippen molar-refractivity contribution in [3.63, 3.8) is 0 Å². The van der Waals surface area contributed by atoms with Gasteiger partial charge in [-0.15, -0.1) is 0 Å². The van der Waals surface area contributed by atoms with Gasteiger partial charge in [0.05, 0.1) is 16.6 Å². The predicted octanol–water partition coefficient (Wildman–Crippen LogP) is 3.91. The lowest BCUT2D eigenvalue weighted by molar-refractivity contribution is 0.0643. The van der Waals surface area contributed by atoms with Gasteiger partial charge in [0, 0.05) is 5.56 Å². The van der Waals surface area contributed by atoms with Gasteiger partial charge in [-0.3, -0.25) is 9.36 Å². The molecule has 0 spiro atoms. The van der Waals surface area contributed by atoms with E-state index in [0.29, 0.717) is 23.1 Å². The SMILES string of the molecule is CCCCCCC1(O)c2ccccc2-n2c1nc1ccccc1c2=O. The van der Waals surface area contributed by atoms with E-state index < -0.39 is 5.60 Å². The van der Waals surface area contributed by atoms with Gasteiger partial charge in [0.1, 0.15) is 5.60 Å². The lowest BCUT2D eigenvalue weighted by Crippen LogP contribution is -2.30. The average molecular weight is 334 g/mol. The summed E-state index contributed by atoms with van der Waals surface area (Å²) in [6.45, 7) is 2.17. The third-order valence-corrected chi connectivity index (χ3v) is 5.13. The highest BCUT2D eigenvalue weighted by atomic mass is 16.3. The van der Waals surface area contributed by atoms with Crippen molar-refractivity contribution in [2.24, 2.45) is 0 Å². The van der Waals surface area contributed by atoms with Crippen LogP contribution in [0.3, 0.4) is 0 Å². The molecule has 0 bridgehead atoms. The van der Waals surface area contributed by atoms with E-state index in [0.717, 1.165) is 36.9 Å². The third-order valence-electron chi connectivity index (χ3n) is 5.13. The van der Waals surface area contributed by atoms with Crippen LogP contribution in [0.1, 0.15) is 50.4 Å². The molecule has 2 heterocycles. The first-order valence-electron chi connectivity index (χ1n) is 9.01. The average Bonchev–Trinajstić information content (AvgIpc) is 2.89. The molecule has 1 aliphatic heterocycles. The van der Waals surface area contributed by atoms with Gasteiger partial charge in [-0.1, -0.05) is 56.5 Å². The Bertz CT molecular complexity index is 993. The summed E-state index contributed by atoms with van der Waals surface area (Å²) in [6.07, 6.45) is 4.85. The van der Waals surface area contributed by atoms with E-state index in [-0.39, 0.29) is 5.56 Å². The van der Waals surface area contributed by atoms with E-state index in [1.165, 1.54) is 0 Å². The van der Waals surface area contributed by atoms with E-state index >= 15 is 0 Å². The first-order chi connectivity index (χ1) is 12.2. The minimum atomic E-state index is -1.20. The second-order valence-corrected chi connectivity index (χ2v) is 6.78. The summed E-state index contributed by atoms with van der Waals surface area (Å²) in [5.74, 6) is 0.453. The van der Waals surface area contributed by atoms with Crippen LogP contribution in [-0.4, -0.2) is 14.7 Å². The summed E-state index contributed by atoms with van der Waals surface area (Å²) in [6, 6.07) is 14.9. The molecule has 0 fully saturated rings. The van der Waals surface area contributed by atoms with Crippen LogP contribution in [0.15, 0.2) is 53.3 Å². The molecule has 4 rings (SSSR count). The molecule has 0 saturated heterocycles. The molecule has 1 unspecified atom stereocenters. The maximum Gasteiger partial charge on any atom is 0.266 e. The summed E-state index contributed by atoms with van der Waals surface area (Å²) in [5.41, 5.74) is 0.856. The maximum absolute atomic E-state index is 13.1. The Labute approximate surface area is 146 Å². The van der Waals surface area contributed by atoms with Gasteiger partial charge >= 0.3 is 0 Å². The lowest BCUT2D eigenvalue weighted by atomic mass is 9.89. The predicted molar refractivity (Wildman–Crippen MR) is 99.1 cm³/mol. The zero-order valence-electron chi connectivity index (χ0n) is 14.4. The van der Waals surface area contributed by atoms with Crippen LogP contribution in [0.4, 0.5) is 0 Å². The number of unbranched alkanes of at least 4 members (excludes halogenated alkanes) is 3. The van der Waals surface area contributed by atoms with E-state index in [2.05, 4.69) is 6.92 Å². The molecule has 3 aromatic rings.